The van der Waals surface area contributed by atoms with E-state index in [-0.39, 0.29) is 19.3 Å². The third kappa shape index (κ3) is 5.41. The summed E-state index contributed by atoms with van der Waals surface area (Å²) in [5.41, 5.74) is -0.578. The lowest BCUT2D eigenvalue weighted by molar-refractivity contribution is -0.0908. The van der Waals surface area contributed by atoms with E-state index in [1.807, 2.05) is 51.1 Å². The molecule has 1 aliphatic heterocycles. The maximum absolute atomic E-state index is 12.3. The lowest BCUT2D eigenvalue weighted by Crippen LogP contribution is -2.56. The smallest absolute Gasteiger partial charge is 0.410 e. The monoisotopic (exact) mass is 323 g/mol. The minimum absolute atomic E-state index is 0.161. The maximum Gasteiger partial charge on any atom is 0.410 e. The van der Waals surface area contributed by atoms with Gasteiger partial charge in [-0.05, 0) is 32.9 Å². The fourth-order valence-corrected chi connectivity index (χ4v) is 2.26. The zero-order chi connectivity index (χ0) is 16.9. The van der Waals surface area contributed by atoms with Crippen molar-refractivity contribution >= 4 is 6.09 Å². The second-order valence-electron chi connectivity index (χ2n) is 6.55. The van der Waals surface area contributed by atoms with Crippen LogP contribution in [-0.2, 0) is 9.47 Å². The van der Waals surface area contributed by atoms with Gasteiger partial charge in [-0.3, -0.25) is 4.90 Å². The van der Waals surface area contributed by atoms with Crippen molar-refractivity contribution < 1.29 is 24.1 Å². The number of ether oxygens (including phenoxy) is 3. The fraction of sp³-hybridized carbons (Fsp3) is 0.588. The van der Waals surface area contributed by atoms with Crippen molar-refractivity contribution in [2.24, 2.45) is 0 Å². The van der Waals surface area contributed by atoms with Gasteiger partial charge < -0.3 is 19.3 Å². The van der Waals surface area contributed by atoms with Crippen molar-refractivity contribution in [1.29, 1.82) is 0 Å². The zero-order valence-corrected chi connectivity index (χ0v) is 13.9. The molecule has 1 aromatic carbocycles. The molecule has 0 spiro atoms. The standard InChI is InChI=1S/C17H25NO5/c1-17(2,3)23-16(20)18-9-15(21-11-13(18)10-19)12-22-14-7-5-4-6-8-14/h4-8,13,15,19H,9-12H2,1-3H3/t13-,15?/m0/s1. The van der Waals surface area contributed by atoms with Crippen LogP contribution in [0.3, 0.4) is 0 Å². The number of nitrogens with zero attached hydrogens (tertiary/aromatic N) is 1. The lowest BCUT2D eigenvalue weighted by atomic mass is 10.2. The molecule has 6 heteroatoms. The number of morpholine rings is 1. The molecular weight excluding hydrogens is 298 g/mol. The summed E-state index contributed by atoms with van der Waals surface area (Å²) in [6.07, 6.45) is -0.699. The predicted molar refractivity (Wildman–Crippen MR) is 85.5 cm³/mol. The van der Waals surface area contributed by atoms with Crippen LogP contribution in [0.5, 0.6) is 5.75 Å². The molecule has 0 aromatic heterocycles. The number of rotatable bonds is 4. The van der Waals surface area contributed by atoms with E-state index in [0.29, 0.717) is 13.2 Å². The van der Waals surface area contributed by atoms with Gasteiger partial charge in [-0.1, -0.05) is 18.2 Å². The van der Waals surface area contributed by atoms with Crippen molar-refractivity contribution in [2.75, 3.05) is 26.4 Å². The average Bonchev–Trinajstić information content (AvgIpc) is 2.52. The molecule has 1 saturated heterocycles. The van der Waals surface area contributed by atoms with Crippen LogP contribution < -0.4 is 4.74 Å². The SMILES string of the molecule is CC(C)(C)OC(=O)N1CC(COc2ccccc2)OC[C@@H]1CO. The number of benzene rings is 1. The number of amides is 1. The maximum atomic E-state index is 12.3. The average molecular weight is 323 g/mol. The molecule has 1 heterocycles. The molecule has 1 amide bonds. The molecule has 1 aliphatic rings. The first-order valence-electron chi connectivity index (χ1n) is 7.79. The molecule has 2 rings (SSSR count). The Bertz CT molecular complexity index is 499. The molecular formula is C17H25NO5. The summed E-state index contributed by atoms with van der Waals surface area (Å²) < 4.78 is 16.8. The van der Waals surface area contributed by atoms with Gasteiger partial charge in [0.25, 0.3) is 0 Å². The normalized spacial score (nSPS) is 21.8. The minimum atomic E-state index is -0.578. The Balaban J connectivity index is 1.93. The van der Waals surface area contributed by atoms with Gasteiger partial charge in [0.1, 0.15) is 24.1 Å². The van der Waals surface area contributed by atoms with Crippen LogP contribution in [0.2, 0.25) is 0 Å². The second-order valence-corrected chi connectivity index (χ2v) is 6.55. The Hall–Kier alpha value is -1.79. The largest absolute Gasteiger partial charge is 0.491 e. The number of aliphatic hydroxyl groups excluding tert-OH is 1. The molecule has 23 heavy (non-hydrogen) atoms. The molecule has 0 radical (unpaired) electrons. The fourth-order valence-electron chi connectivity index (χ4n) is 2.26. The summed E-state index contributed by atoms with van der Waals surface area (Å²) in [6.45, 7) is 6.21. The lowest BCUT2D eigenvalue weighted by Gasteiger charge is -2.39. The van der Waals surface area contributed by atoms with Gasteiger partial charge in [0.15, 0.2) is 0 Å². The molecule has 1 N–H and O–H groups in total. The molecule has 0 aliphatic carbocycles. The van der Waals surface area contributed by atoms with Crippen molar-refractivity contribution in [3.05, 3.63) is 30.3 Å². The van der Waals surface area contributed by atoms with Gasteiger partial charge in [-0.2, -0.15) is 0 Å². The highest BCUT2D eigenvalue weighted by molar-refractivity contribution is 5.68. The quantitative estimate of drug-likeness (QED) is 0.918. The highest BCUT2D eigenvalue weighted by atomic mass is 16.6. The van der Waals surface area contributed by atoms with Crippen LogP contribution in [-0.4, -0.2) is 60.2 Å². The summed E-state index contributed by atoms with van der Waals surface area (Å²) in [5, 5.41) is 9.44. The highest BCUT2D eigenvalue weighted by Crippen LogP contribution is 2.18. The summed E-state index contributed by atoms with van der Waals surface area (Å²) in [4.78, 5) is 13.8. The van der Waals surface area contributed by atoms with E-state index in [1.165, 1.54) is 4.90 Å². The van der Waals surface area contributed by atoms with Crippen molar-refractivity contribution in [2.45, 2.75) is 38.5 Å². The second kappa shape index (κ2) is 7.66. The molecule has 0 saturated carbocycles. The van der Waals surface area contributed by atoms with E-state index in [0.717, 1.165) is 5.75 Å². The Morgan fingerprint density at radius 2 is 2.04 bits per heavy atom. The van der Waals surface area contributed by atoms with Crippen LogP contribution >= 0.6 is 0 Å². The number of hydrogen-bond acceptors (Lipinski definition) is 5. The topological polar surface area (TPSA) is 68.2 Å². The van der Waals surface area contributed by atoms with Crippen molar-refractivity contribution in [1.82, 2.24) is 4.90 Å². The van der Waals surface area contributed by atoms with Crippen LogP contribution in [0.15, 0.2) is 30.3 Å². The Kier molecular flexibility index (Phi) is 5.85. The number of hydrogen-bond donors (Lipinski definition) is 1. The first kappa shape index (κ1) is 17.6. The van der Waals surface area contributed by atoms with Crippen LogP contribution in [0.4, 0.5) is 4.79 Å². The van der Waals surface area contributed by atoms with Crippen LogP contribution in [0, 0.1) is 0 Å². The van der Waals surface area contributed by atoms with E-state index >= 15 is 0 Å². The number of para-hydroxylation sites is 1. The van der Waals surface area contributed by atoms with Crippen molar-refractivity contribution in [3.63, 3.8) is 0 Å². The Labute approximate surface area is 136 Å². The molecule has 1 aromatic rings. The summed E-state index contributed by atoms with van der Waals surface area (Å²) >= 11 is 0. The molecule has 1 fully saturated rings. The van der Waals surface area contributed by atoms with Gasteiger partial charge in [-0.15, -0.1) is 0 Å². The Morgan fingerprint density at radius 1 is 1.35 bits per heavy atom. The molecule has 6 nitrogen and oxygen atoms in total. The molecule has 2 atom stereocenters. The number of aliphatic hydroxyl groups is 1. The number of carbonyl (C=O) groups excluding carboxylic acids is 1. The van der Waals surface area contributed by atoms with E-state index < -0.39 is 17.7 Å². The van der Waals surface area contributed by atoms with Crippen LogP contribution in [0.25, 0.3) is 0 Å². The first-order valence-corrected chi connectivity index (χ1v) is 7.79. The van der Waals surface area contributed by atoms with Gasteiger partial charge in [-0.25, -0.2) is 4.79 Å². The highest BCUT2D eigenvalue weighted by Gasteiger charge is 2.34. The van der Waals surface area contributed by atoms with Crippen molar-refractivity contribution in [3.8, 4) is 5.75 Å². The van der Waals surface area contributed by atoms with E-state index in [4.69, 9.17) is 14.2 Å². The minimum Gasteiger partial charge on any atom is -0.491 e. The van der Waals surface area contributed by atoms with E-state index in [9.17, 15) is 9.90 Å². The van der Waals surface area contributed by atoms with E-state index in [2.05, 4.69) is 0 Å². The number of carbonyl (C=O) groups is 1. The first-order chi connectivity index (χ1) is 10.9. The van der Waals surface area contributed by atoms with E-state index in [1.54, 1.807) is 0 Å². The van der Waals surface area contributed by atoms with Gasteiger partial charge >= 0.3 is 6.09 Å². The molecule has 0 bridgehead atoms. The van der Waals surface area contributed by atoms with Gasteiger partial charge in [0, 0.05) is 0 Å². The Morgan fingerprint density at radius 3 is 2.65 bits per heavy atom. The zero-order valence-electron chi connectivity index (χ0n) is 13.9. The third-order valence-electron chi connectivity index (χ3n) is 3.38. The van der Waals surface area contributed by atoms with Crippen LogP contribution in [0.1, 0.15) is 20.8 Å². The molecule has 1 unspecified atom stereocenters. The third-order valence-corrected chi connectivity index (χ3v) is 3.38. The summed E-state index contributed by atoms with van der Waals surface area (Å²) in [6, 6.07) is 9.05. The van der Waals surface area contributed by atoms with Gasteiger partial charge in [0.2, 0.25) is 0 Å². The van der Waals surface area contributed by atoms with Gasteiger partial charge in [0.05, 0.1) is 25.8 Å². The molecule has 128 valence electrons. The summed E-state index contributed by atoms with van der Waals surface area (Å²) in [5.74, 6) is 0.754. The summed E-state index contributed by atoms with van der Waals surface area (Å²) in [7, 11) is 0. The predicted octanol–water partition coefficient (Wildman–Crippen LogP) is 2.06.